The fourth-order valence-corrected chi connectivity index (χ4v) is 2.15. The predicted octanol–water partition coefficient (Wildman–Crippen LogP) is 1.50. The van der Waals surface area contributed by atoms with Crippen molar-refractivity contribution in [2.24, 2.45) is 0 Å². The number of methoxy groups -OCH3 is 1. The first kappa shape index (κ1) is 13.4. The van der Waals surface area contributed by atoms with Crippen molar-refractivity contribution in [2.45, 2.75) is 0 Å². The number of nitrogens with zero attached hydrogens (tertiary/aromatic N) is 1. The number of amides is 1. The van der Waals surface area contributed by atoms with Crippen LogP contribution in [0.1, 0.15) is 5.56 Å². The zero-order valence-electron chi connectivity index (χ0n) is 10.3. The molecule has 0 aromatic heterocycles. The van der Waals surface area contributed by atoms with Crippen LogP contribution >= 0.6 is 15.9 Å². The van der Waals surface area contributed by atoms with Gasteiger partial charge in [0, 0.05) is 17.1 Å². The fraction of sp³-hybridized carbons (Fsp3) is 0.167. The summed E-state index contributed by atoms with van der Waals surface area (Å²) in [7, 11) is 3.04. The molecular formula is C12H12BrN3O3. The Labute approximate surface area is 118 Å². The Morgan fingerprint density at radius 1 is 1.53 bits per heavy atom. The van der Waals surface area contributed by atoms with E-state index in [2.05, 4.69) is 21.2 Å². The van der Waals surface area contributed by atoms with Crippen molar-refractivity contribution in [1.82, 2.24) is 10.2 Å². The molecule has 2 rings (SSSR count). The van der Waals surface area contributed by atoms with Gasteiger partial charge in [-0.25, -0.2) is 0 Å². The van der Waals surface area contributed by atoms with Gasteiger partial charge in [-0.3, -0.25) is 15.5 Å². The number of guanidine groups is 1. The number of hydrogen-bond acceptors (Lipinski definition) is 4. The van der Waals surface area contributed by atoms with E-state index in [-0.39, 0.29) is 23.3 Å². The molecule has 0 spiro atoms. The van der Waals surface area contributed by atoms with E-state index in [0.717, 1.165) is 0 Å². The molecule has 1 amide bonds. The number of hydrogen-bond donors (Lipinski definition) is 3. The number of ether oxygens (including phenoxy) is 1. The molecule has 1 aromatic carbocycles. The third kappa shape index (κ3) is 2.41. The summed E-state index contributed by atoms with van der Waals surface area (Å²) in [5, 5.41) is 19.9. The van der Waals surface area contributed by atoms with Gasteiger partial charge >= 0.3 is 0 Å². The van der Waals surface area contributed by atoms with E-state index in [1.165, 1.54) is 18.1 Å². The van der Waals surface area contributed by atoms with Crippen molar-refractivity contribution < 1.29 is 14.6 Å². The highest BCUT2D eigenvalue weighted by atomic mass is 79.9. The second-order valence-electron chi connectivity index (χ2n) is 3.94. The first-order valence-corrected chi connectivity index (χ1v) is 6.15. The van der Waals surface area contributed by atoms with Gasteiger partial charge in [0.1, 0.15) is 5.70 Å². The minimum atomic E-state index is -0.383. The molecule has 1 aromatic rings. The number of carbonyl (C=O) groups excluding carboxylic acids is 1. The predicted molar refractivity (Wildman–Crippen MR) is 74.0 cm³/mol. The van der Waals surface area contributed by atoms with E-state index >= 15 is 0 Å². The maximum Gasteiger partial charge on any atom is 0.274 e. The number of phenols is 1. The van der Waals surface area contributed by atoms with Crippen molar-refractivity contribution in [3.05, 3.63) is 27.9 Å². The van der Waals surface area contributed by atoms with Crippen LogP contribution in [0.25, 0.3) is 6.08 Å². The molecule has 1 fully saturated rings. The summed E-state index contributed by atoms with van der Waals surface area (Å²) < 4.78 is 5.75. The summed E-state index contributed by atoms with van der Waals surface area (Å²) in [4.78, 5) is 13.1. The molecule has 1 saturated heterocycles. The van der Waals surface area contributed by atoms with Gasteiger partial charge in [-0.15, -0.1) is 0 Å². The number of phenolic OH excluding ortho intramolecular Hbond substituents is 1. The van der Waals surface area contributed by atoms with Crippen LogP contribution in [0.4, 0.5) is 0 Å². The van der Waals surface area contributed by atoms with Crippen LogP contribution in [0.15, 0.2) is 22.3 Å². The Hall–Kier alpha value is -2.02. The highest BCUT2D eigenvalue weighted by Crippen LogP contribution is 2.35. The Balaban J connectivity index is 2.52. The molecule has 1 heterocycles. The SMILES string of the molecule is COc1cc(Br)cc(/C=C2/C(=O)NC(=N)N2C)c1O. The van der Waals surface area contributed by atoms with Crippen molar-refractivity contribution in [1.29, 1.82) is 5.41 Å². The number of benzene rings is 1. The number of rotatable bonds is 2. The van der Waals surface area contributed by atoms with E-state index < -0.39 is 0 Å². The highest BCUT2D eigenvalue weighted by Gasteiger charge is 2.27. The van der Waals surface area contributed by atoms with Crippen LogP contribution in [0.3, 0.4) is 0 Å². The second-order valence-corrected chi connectivity index (χ2v) is 4.85. The largest absolute Gasteiger partial charge is 0.504 e. The standard InChI is InChI=1S/C12H12BrN3O3/c1-16-8(11(18)15-12(16)14)4-6-3-7(13)5-9(19-2)10(6)17/h3-5,17H,1-2H3,(H2,14,15,18)/b8-4-. The zero-order chi connectivity index (χ0) is 14.2. The number of carbonyl (C=O) groups is 1. The van der Waals surface area contributed by atoms with E-state index in [1.807, 2.05) is 0 Å². The molecule has 1 aliphatic heterocycles. The maximum absolute atomic E-state index is 11.7. The first-order valence-electron chi connectivity index (χ1n) is 5.36. The second kappa shape index (κ2) is 4.93. The molecule has 6 nitrogen and oxygen atoms in total. The molecule has 0 bridgehead atoms. The van der Waals surface area contributed by atoms with Crippen LogP contribution in [-0.4, -0.2) is 36.0 Å². The van der Waals surface area contributed by atoms with Gasteiger partial charge in [0.2, 0.25) is 5.96 Å². The van der Waals surface area contributed by atoms with Gasteiger partial charge in [-0.2, -0.15) is 0 Å². The summed E-state index contributed by atoms with van der Waals surface area (Å²) in [6, 6.07) is 3.28. The molecule has 100 valence electrons. The van der Waals surface area contributed by atoms with Crippen LogP contribution in [0.5, 0.6) is 11.5 Å². The number of likely N-dealkylation sites (N-methyl/N-ethyl adjacent to an activating group) is 1. The highest BCUT2D eigenvalue weighted by molar-refractivity contribution is 9.10. The summed E-state index contributed by atoms with van der Waals surface area (Å²) in [6.45, 7) is 0. The van der Waals surface area contributed by atoms with Crippen LogP contribution in [0.2, 0.25) is 0 Å². The van der Waals surface area contributed by atoms with Crippen molar-refractivity contribution in [2.75, 3.05) is 14.2 Å². The van der Waals surface area contributed by atoms with Gasteiger partial charge in [-0.1, -0.05) is 15.9 Å². The number of halogens is 1. The molecule has 0 aliphatic carbocycles. The lowest BCUT2D eigenvalue weighted by Crippen LogP contribution is -2.25. The molecule has 3 N–H and O–H groups in total. The lowest BCUT2D eigenvalue weighted by atomic mass is 10.1. The Morgan fingerprint density at radius 2 is 2.21 bits per heavy atom. The van der Waals surface area contributed by atoms with Crippen LogP contribution in [-0.2, 0) is 4.79 Å². The molecule has 0 atom stereocenters. The monoisotopic (exact) mass is 325 g/mol. The molecule has 0 radical (unpaired) electrons. The third-order valence-electron chi connectivity index (χ3n) is 2.74. The normalized spacial score (nSPS) is 17.0. The van der Waals surface area contributed by atoms with Gasteiger partial charge in [0.15, 0.2) is 11.5 Å². The summed E-state index contributed by atoms with van der Waals surface area (Å²) in [6.07, 6.45) is 1.50. The minimum absolute atomic E-state index is 0.00213. The maximum atomic E-state index is 11.7. The number of aromatic hydroxyl groups is 1. The topological polar surface area (TPSA) is 85.7 Å². The van der Waals surface area contributed by atoms with Crippen molar-refractivity contribution in [3.63, 3.8) is 0 Å². The fourth-order valence-electron chi connectivity index (χ4n) is 1.70. The minimum Gasteiger partial charge on any atom is -0.504 e. The molecule has 0 unspecified atom stereocenters. The quantitative estimate of drug-likeness (QED) is 0.719. The van der Waals surface area contributed by atoms with E-state index in [9.17, 15) is 9.90 Å². The van der Waals surface area contributed by atoms with E-state index in [1.54, 1.807) is 19.2 Å². The smallest absolute Gasteiger partial charge is 0.274 e. The molecule has 19 heavy (non-hydrogen) atoms. The van der Waals surface area contributed by atoms with Crippen molar-refractivity contribution in [3.8, 4) is 11.5 Å². The average molecular weight is 326 g/mol. The average Bonchev–Trinajstić information content (AvgIpc) is 2.60. The Morgan fingerprint density at radius 3 is 2.74 bits per heavy atom. The van der Waals surface area contributed by atoms with Gasteiger partial charge in [0.25, 0.3) is 5.91 Å². The molecule has 0 saturated carbocycles. The lowest BCUT2D eigenvalue weighted by molar-refractivity contribution is -0.115. The zero-order valence-corrected chi connectivity index (χ0v) is 11.9. The summed E-state index contributed by atoms with van der Waals surface area (Å²) in [5.74, 6) is -0.140. The van der Waals surface area contributed by atoms with Gasteiger partial charge in [-0.05, 0) is 18.2 Å². The number of nitrogens with one attached hydrogen (secondary N) is 2. The Kier molecular flexibility index (Phi) is 3.48. The first-order chi connectivity index (χ1) is 8.93. The van der Waals surface area contributed by atoms with Gasteiger partial charge in [0.05, 0.1) is 7.11 Å². The van der Waals surface area contributed by atoms with Gasteiger partial charge < -0.3 is 14.7 Å². The van der Waals surface area contributed by atoms with Crippen LogP contribution in [0, 0.1) is 5.41 Å². The Bertz CT molecular complexity index is 598. The third-order valence-corrected chi connectivity index (χ3v) is 3.20. The van der Waals surface area contributed by atoms with Crippen molar-refractivity contribution >= 4 is 33.9 Å². The summed E-state index contributed by atoms with van der Waals surface area (Å²) >= 11 is 3.30. The molecule has 1 aliphatic rings. The van der Waals surface area contributed by atoms with E-state index in [0.29, 0.717) is 15.8 Å². The summed E-state index contributed by atoms with van der Waals surface area (Å²) in [5.41, 5.74) is 0.707. The van der Waals surface area contributed by atoms with Crippen LogP contribution < -0.4 is 10.1 Å². The van der Waals surface area contributed by atoms with E-state index in [4.69, 9.17) is 10.1 Å². The molecular weight excluding hydrogens is 314 g/mol. The lowest BCUT2D eigenvalue weighted by Gasteiger charge is -2.11. The molecule has 7 heteroatoms.